The molecule has 0 radical (unpaired) electrons. The third-order valence-corrected chi connectivity index (χ3v) is 5.44. The lowest BCUT2D eigenvalue weighted by Crippen LogP contribution is -2.34. The topological polar surface area (TPSA) is 92.4 Å². The molecule has 1 aromatic rings. The Hall–Kier alpha value is -1.60. The fourth-order valence-corrected chi connectivity index (χ4v) is 4.10. The number of sulfone groups is 1. The summed E-state index contributed by atoms with van der Waals surface area (Å²) in [6, 6.07) is 1.54. The minimum Gasteiger partial charge on any atom is -0.389 e. The van der Waals surface area contributed by atoms with Gasteiger partial charge in [-0.05, 0) is 32.3 Å². The van der Waals surface area contributed by atoms with Crippen LogP contribution in [0.5, 0.6) is 0 Å². The molecule has 0 aliphatic carbocycles. The zero-order chi connectivity index (χ0) is 16.1. The van der Waals surface area contributed by atoms with Crippen molar-refractivity contribution in [2.45, 2.75) is 38.0 Å². The number of oxime groups is 1. The van der Waals surface area contributed by atoms with E-state index in [1.165, 1.54) is 20.8 Å². The average molecular weight is 335 g/mol. The molecule has 21 heavy (non-hydrogen) atoms. The third-order valence-electron chi connectivity index (χ3n) is 2.87. The molecule has 114 valence electrons. The molecule has 0 amide bonds. The van der Waals surface area contributed by atoms with Crippen molar-refractivity contribution in [3.63, 3.8) is 0 Å². The summed E-state index contributed by atoms with van der Waals surface area (Å²) in [5.41, 5.74) is -2.04. The fourth-order valence-electron chi connectivity index (χ4n) is 1.82. The molecule has 0 fully saturated rings. The Morgan fingerprint density at radius 2 is 2.10 bits per heavy atom. The molecule has 10 heteroatoms. The number of rotatable bonds is 2. The van der Waals surface area contributed by atoms with Gasteiger partial charge in [0.1, 0.15) is 16.5 Å². The van der Waals surface area contributed by atoms with Crippen LogP contribution in [0.25, 0.3) is 0 Å². The lowest BCUT2D eigenvalue weighted by Gasteiger charge is -2.17. The van der Waals surface area contributed by atoms with Gasteiger partial charge >= 0.3 is 5.25 Å². The van der Waals surface area contributed by atoms with Crippen molar-refractivity contribution in [3.8, 4) is 6.07 Å². The Labute approximate surface area is 124 Å². The number of halogens is 2. The third kappa shape index (κ3) is 2.40. The number of aryl methyl sites for hydroxylation is 1. The van der Waals surface area contributed by atoms with Gasteiger partial charge in [0, 0.05) is 6.42 Å². The predicted octanol–water partition coefficient (Wildman–Crippen LogP) is 2.30. The maximum absolute atomic E-state index is 14.5. The number of alkyl halides is 2. The standard InChI is InChI=1S/C11H11F2N3O3S2/c1-6-9(7(5-14)20-16-6)11(12,13)21(17,18)8-4-10(2,3)19-15-8/h4H2,1-3H3. The summed E-state index contributed by atoms with van der Waals surface area (Å²) in [5, 5.41) is 7.11. The highest BCUT2D eigenvalue weighted by molar-refractivity contribution is 8.06. The zero-order valence-corrected chi connectivity index (χ0v) is 13.0. The SMILES string of the molecule is Cc1nsc(C#N)c1C(F)(F)S(=O)(=O)C1=NOC(C)(C)C1. The van der Waals surface area contributed by atoms with Gasteiger partial charge in [0.25, 0.3) is 9.84 Å². The highest BCUT2D eigenvalue weighted by atomic mass is 32.2. The lowest BCUT2D eigenvalue weighted by atomic mass is 10.1. The van der Waals surface area contributed by atoms with Crippen molar-refractivity contribution in [1.82, 2.24) is 4.37 Å². The second-order valence-electron chi connectivity index (χ2n) is 5.12. The minimum absolute atomic E-state index is 0.191. The maximum Gasteiger partial charge on any atom is 0.380 e. The van der Waals surface area contributed by atoms with Crippen molar-refractivity contribution in [1.29, 1.82) is 5.26 Å². The Morgan fingerprint density at radius 3 is 2.57 bits per heavy atom. The predicted molar refractivity (Wildman–Crippen MR) is 71.6 cm³/mol. The van der Waals surface area contributed by atoms with Crippen LogP contribution in [0.1, 0.15) is 36.4 Å². The molecule has 1 aromatic heterocycles. The molecule has 0 unspecified atom stereocenters. The first kappa shape index (κ1) is 15.8. The van der Waals surface area contributed by atoms with Crippen LogP contribution < -0.4 is 0 Å². The molecule has 1 aliphatic rings. The Morgan fingerprint density at radius 1 is 1.48 bits per heavy atom. The van der Waals surface area contributed by atoms with Gasteiger partial charge in [-0.25, -0.2) is 8.42 Å². The Kier molecular flexibility index (Phi) is 3.54. The molecule has 0 saturated heterocycles. The maximum atomic E-state index is 14.5. The van der Waals surface area contributed by atoms with Crippen molar-refractivity contribution in [2.75, 3.05) is 0 Å². The number of aromatic nitrogens is 1. The quantitative estimate of drug-likeness (QED) is 0.827. The van der Waals surface area contributed by atoms with Gasteiger partial charge in [-0.2, -0.15) is 18.4 Å². The average Bonchev–Trinajstić information content (AvgIpc) is 2.92. The summed E-state index contributed by atoms with van der Waals surface area (Å²) in [7, 11) is -5.08. The first-order chi connectivity index (χ1) is 9.53. The number of nitriles is 1. The van der Waals surface area contributed by atoms with E-state index in [9.17, 15) is 17.2 Å². The van der Waals surface area contributed by atoms with E-state index in [2.05, 4.69) is 9.53 Å². The van der Waals surface area contributed by atoms with Gasteiger partial charge in [0.2, 0.25) is 0 Å². The van der Waals surface area contributed by atoms with Crippen molar-refractivity contribution in [2.24, 2.45) is 5.16 Å². The summed E-state index contributed by atoms with van der Waals surface area (Å²) < 4.78 is 56.9. The summed E-state index contributed by atoms with van der Waals surface area (Å²) in [4.78, 5) is 4.41. The van der Waals surface area contributed by atoms with Gasteiger partial charge in [-0.3, -0.25) is 0 Å². The molecular formula is C11H11F2N3O3S2. The Bertz CT molecular complexity index is 760. The molecule has 0 saturated carbocycles. The number of hydrogen-bond acceptors (Lipinski definition) is 7. The fraction of sp³-hybridized carbons (Fsp3) is 0.545. The zero-order valence-electron chi connectivity index (χ0n) is 11.3. The van der Waals surface area contributed by atoms with Crippen LogP contribution in [0.2, 0.25) is 0 Å². The van der Waals surface area contributed by atoms with E-state index in [4.69, 9.17) is 10.1 Å². The summed E-state index contributed by atoms with van der Waals surface area (Å²) in [6.07, 6.45) is -0.260. The van der Waals surface area contributed by atoms with Gasteiger partial charge < -0.3 is 4.84 Å². The summed E-state index contributed by atoms with van der Waals surface area (Å²) >= 11 is 0.535. The van der Waals surface area contributed by atoms with Crippen molar-refractivity contribution in [3.05, 3.63) is 16.1 Å². The highest BCUT2D eigenvalue weighted by Crippen LogP contribution is 2.42. The molecular weight excluding hydrogens is 324 g/mol. The molecule has 2 rings (SSSR count). The summed E-state index contributed by atoms with van der Waals surface area (Å²) in [5.74, 6) is 0. The van der Waals surface area contributed by atoms with Crippen molar-refractivity contribution < 1.29 is 22.0 Å². The first-order valence-electron chi connectivity index (χ1n) is 5.77. The summed E-state index contributed by atoms with van der Waals surface area (Å²) in [6.45, 7) is 4.30. The first-order valence-corrected chi connectivity index (χ1v) is 8.03. The van der Waals surface area contributed by atoms with Crippen LogP contribution in [0.15, 0.2) is 5.16 Å². The molecule has 0 atom stereocenters. The normalized spacial score (nSPS) is 18.0. The molecule has 0 N–H and O–H groups in total. The van der Waals surface area contributed by atoms with E-state index in [-0.39, 0.29) is 12.1 Å². The van der Waals surface area contributed by atoms with Gasteiger partial charge in [-0.15, -0.1) is 0 Å². The van der Waals surface area contributed by atoms with E-state index in [0.717, 1.165) is 0 Å². The minimum atomic E-state index is -5.08. The number of nitrogens with zero attached hydrogens (tertiary/aromatic N) is 3. The van der Waals surface area contributed by atoms with Gasteiger partial charge in [-0.1, -0.05) is 5.16 Å². The van der Waals surface area contributed by atoms with E-state index in [1.54, 1.807) is 6.07 Å². The molecule has 0 spiro atoms. The highest BCUT2D eigenvalue weighted by Gasteiger charge is 2.55. The van der Waals surface area contributed by atoms with E-state index in [1.807, 2.05) is 0 Å². The van der Waals surface area contributed by atoms with Crippen LogP contribution >= 0.6 is 11.5 Å². The molecule has 1 aliphatic heterocycles. The smallest absolute Gasteiger partial charge is 0.380 e. The van der Waals surface area contributed by atoms with E-state index < -0.39 is 36.2 Å². The van der Waals surface area contributed by atoms with Gasteiger partial charge in [0.05, 0.1) is 11.3 Å². The van der Waals surface area contributed by atoms with Crippen LogP contribution in [-0.2, 0) is 19.9 Å². The molecule has 2 heterocycles. The second-order valence-corrected chi connectivity index (χ2v) is 7.88. The van der Waals surface area contributed by atoms with Crippen LogP contribution in [-0.4, -0.2) is 23.4 Å². The van der Waals surface area contributed by atoms with E-state index in [0.29, 0.717) is 11.5 Å². The van der Waals surface area contributed by atoms with Crippen molar-refractivity contribution >= 4 is 26.4 Å². The largest absolute Gasteiger partial charge is 0.389 e. The Balaban J connectivity index is 2.54. The molecule has 6 nitrogen and oxygen atoms in total. The lowest BCUT2D eigenvalue weighted by molar-refractivity contribution is 0.0123. The van der Waals surface area contributed by atoms with E-state index >= 15 is 0 Å². The molecule has 0 aromatic carbocycles. The second kappa shape index (κ2) is 4.71. The van der Waals surface area contributed by atoms with Crippen LogP contribution in [0, 0.1) is 18.3 Å². The van der Waals surface area contributed by atoms with Crippen LogP contribution in [0.4, 0.5) is 8.78 Å². The number of hydrogen-bond donors (Lipinski definition) is 0. The monoisotopic (exact) mass is 335 g/mol. The van der Waals surface area contributed by atoms with Gasteiger partial charge in [0.15, 0.2) is 5.04 Å². The molecule has 0 bridgehead atoms. The van der Waals surface area contributed by atoms with Crippen LogP contribution in [0.3, 0.4) is 0 Å².